The van der Waals surface area contributed by atoms with Gasteiger partial charge >= 0.3 is 0 Å². The number of carbonyl (C=O) groups excluding carboxylic acids is 2. The molecule has 0 unspecified atom stereocenters. The number of rotatable bonds is 6. The van der Waals surface area contributed by atoms with Crippen LogP contribution in [0.3, 0.4) is 0 Å². The minimum atomic E-state index is -0.0883. The molecule has 2 fully saturated rings. The van der Waals surface area contributed by atoms with Crippen LogP contribution in [0.5, 0.6) is 0 Å². The van der Waals surface area contributed by atoms with Gasteiger partial charge in [-0.2, -0.15) is 0 Å². The second-order valence-corrected chi connectivity index (χ2v) is 8.18. The molecular weight excluding hydrogens is 364 g/mol. The van der Waals surface area contributed by atoms with Crippen molar-refractivity contribution in [2.45, 2.75) is 31.7 Å². The third-order valence-electron chi connectivity index (χ3n) is 5.95. The van der Waals surface area contributed by atoms with E-state index in [1.165, 1.54) is 18.4 Å². The molecule has 1 saturated carbocycles. The summed E-state index contributed by atoms with van der Waals surface area (Å²) in [4.78, 5) is 30.8. The van der Waals surface area contributed by atoms with E-state index in [1.54, 1.807) is 6.20 Å². The first-order valence-corrected chi connectivity index (χ1v) is 10.2. The molecule has 2 aliphatic rings. The minimum Gasteiger partial charge on any atom is -0.348 e. The number of likely N-dealkylation sites (tertiary alicyclic amines) is 1. The molecule has 0 bridgehead atoms. The average molecular weight is 388 g/mol. The number of hydrogen-bond donors (Lipinski definition) is 1. The molecule has 5 rings (SSSR count). The maximum Gasteiger partial charge on any atom is 0.251 e. The standard InChI is InChI=1S/C23H24N4O2/c28-22(12-16-1-2-16)27-14-20(15-27)18-3-5-19(6-4-18)23(29)25-13-17-7-9-26-10-8-24-21(26)11-17/h3-11,16,20H,1-2,12-15H2,(H,25,29). The lowest BCUT2D eigenvalue weighted by Gasteiger charge is -2.39. The maximum atomic E-state index is 12.5. The molecule has 0 spiro atoms. The third-order valence-corrected chi connectivity index (χ3v) is 5.95. The Kier molecular flexibility index (Phi) is 4.54. The molecule has 1 aromatic carbocycles. The predicted octanol–water partition coefficient (Wildman–Crippen LogP) is 2.99. The van der Waals surface area contributed by atoms with Crippen molar-refractivity contribution >= 4 is 17.5 Å². The molecule has 1 aliphatic carbocycles. The van der Waals surface area contributed by atoms with Crippen molar-refractivity contribution in [2.24, 2.45) is 5.92 Å². The first-order chi connectivity index (χ1) is 14.2. The van der Waals surface area contributed by atoms with Crippen molar-refractivity contribution in [3.05, 3.63) is 71.7 Å². The summed E-state index contributed by atoms with van der Waals surface area (Å²) < 4.78 is 1.94. The first-order valence-electron chi connectivity index (χ1n) is 10.2. The van der Waals surface area contributed by atoms with Crippen LogP contribution in [0.25, 0.3) is 5.65 Å². The highest BCUT2D eigenvalue weighted by Crippen LogP contribution is 2.35. The van der Waals surface area contributed by atoms with Gasteiger partial charge in [0.1, 0.15) is 5.65 Å². The fraction of sp³-hybridized carbons (Fsp3) is 0.348. The van der Waals surface area contributed by atoms with Crippen LogP contribution in [-0.2, 0) is 11.3 Å². The van der Waals surface area contributed by atoms with Gasteiger partial charge in [-0.1, -0.05) is 12.1 Å². The number of carbonyl (C=O) groups is 2. The summed E-state index contributed by atoms with van der Waals surface area (Å²) in [5, 5.41) is 2.97. The van der Waals surface area contributed by atoms with E-state index >= 15 is 0 Å². The summed E-state index contributed by atoms with van der Waals surface area (Å²) in [7, 11) is 0. The van der Waals surface area contributed by atoms with Crippen molar-refractivity contribution in [1.29, 1.82) is 0 Å². The van der Waals surface area contributed by atoms with Gasteiger partial charge in [0.25, 0.3) is 5.91 Å². The van der Waals surface area contributed by atoms with Crippen molar-refractivity contribution in [1.82, 2.24) is 19.6 Å². The van der Waals surface area contributed by atoms with Crippen LogP contribution in [0.2, 0.25) is 0 Å². The Bertz CT molecular complexity index is 1050. The van der Waals surface area contributed by atoms with E-state index in [9.17, 15) is 9.59 Å². The van der Waals surface area contributed by atoms with Crippen LogP contribution in [-0.4, -0.2) is 39.2 Å². The second kappa shape index (κ2) is 7.35. The Hall–Kier alpha value is -3.15. The summed E-state index contributed by atoms with van der Waals surface area (Å²) >= 11 is 0. The molecule has 29 heavy (non-hydrogen) atoms. The first kappa shape index (κ1) is 17.9. The van der Waals surface area contributed by atoms with Crippen LogP contribution in [0, 0.1) is 5.92 Å². The predicted molar refractivity (Wildman–Crippen MR) is 109 cm³/mol. The molecule has 6 nitrogen and oxygen atoms in total. The molecule has 1 aliphatic heterocycles. The van der Waals surface area contributed by atoms with Crippen LogP contribution in [0.1, 0.15) is 46.7 Å². The van der Waals surface area contributed by atoms with Crippen molar-refractivity contribution in [3.8, 4) is 0 Å². The maximum absolute atomic E-state index is 12.5. The highest BCUT2D eigenvalue weighted by molar-refractivity contribution is 5.94. The van der Waals surface area contributed by atoms with Crippen LogP contribution in [0.4, 0.5) is 0 Å². The molecule has 0 radical (unpaired) electrons. The van der Waals surface area contributed by atoms with E-state index in [0.29, 0.717) is 29.9 Å². The highest BCUT2D eigenvalue weighted by atomic mass is 16.2. The fourth-order valence-corrected chi connectivity index (χ4v) is 3.84. The molecule has 3 heterocycles. The number of imidazole rings is 1. The Labute approximate surface area is 169 Å². The Morgan fingerprint density at radius 2 is 1.86 bits per heavy atom. The van der Waals surface area contributed by atoms with Gasteiger partial charge in [0.05, 0.1) is 0 Å². The van der Waals surface area contributed by atoms with Crippen LogP contribution < -0.4 is 5.32 Å². The number of aromatic nitrogens is 2. The minimum absolute atomic E-state index is 0.0883. The molecule has 2 amide bonds. The van der Waals surface area contributed by atoms with Crippen molar-refractivity contribution < 1.29 is 9.59 Å². The summed E-state index contributed by atoms with van der Waals surface area (Å²) in [5.41, 5.74) is 3.73. The lowest BCUT2D eigenvalue weighted by molar-refractivity contribution is -0.136. The normalized spacial score (nSPS) is 16.6. The number of benzene rings is 1. The summed E-state index contributed by atoms with van der Waals surface area (Å²) in [6.07, 6.45) is 8.73. The van der Waals surface area contributed by atoms with E-state index in [0.717, 1.165) is 30.7 Å². The summed E-state index contributed by atoms with van der Waals surface area (Å²) in [6, 6.07) is 11.7. The summed E-state index contributed by atoms with van der Waals surface area (Å²) in [5.74, 6) is 1.24. The van der Waals surface area contributed by atoms with Crippen molar-refractivity contribution in [2.75, 3.05) is 13.1 Å². The zero-order valence-corrected chi connectivity index (χ0v) is 16.3. The van der Waals surface area contributed by atoms with E-state index in [2.05, 4.69) is 10.3 Å². The van der Waals surface area contributed by atoms with E-state index < -0.39 is 0 Å². The third kappa shape index (κ3) is 3.88. The van der Waals surface area contributed by atoms with Gasteiger partial charge in [0, 0.05) is 56.1 Å². The molecule has 1 saturated heterocycles. The largest absolute Gasteiger partial charge is 0.348 e. The molecular formula is C23H24N4O2. The Morgan fingerprint density at radius 1 is 1.07 bits per heavy atom. The number of pyridine rings is 1. The fourth-order valence-electron chi connectivity index (χ4n) is 3.84. The second-order valence-electron chi connectivity index (χ2n) is 8.18. The number of nitrogens with zero attached hydrogens (tertiary/aromatic N) is 3. The van der Waals surface area contributed by atoms with Gasteiger partial charge in [0.2, 0.25) is 5.91 Å². The van der Waals surface area contributed by atoms with Gasteiger partial charge in [-0.05, 0) is 54.2 Å². The lowest BCUT2D eigenvalue weighted by Crippen LogP contribution is -2.48. The van der Waals surface area contributed by atoms with Gasteiger partial charge in [-0.25, -0.2) is 4.98 Å². The van der Waals surface area contributed by atoms with Crippen LogP contribution in [0.15, 0.2) is 55.0 Å². The molecule has 148 valence electrons. The van der Waals surface area contributed by atoms with E-state index in [1.807, 2.05) is 58.1 Å². The zero-order valence-electron chi connectivity index (χ0n) is 16.3. The van der Waals surface area contributed by atoms with E-state index in [4.69, 9.17) is 0 Å². The SMILES string of the molecule is O=C(NCc1ccn2ccnc2c1)c1ccc(C2CN(C(=O)CC3CC3)C2)cc1. The number of nitrogens with one attached hydrogen (secondary N) is 1. The molecule has 2 aromatic heterocycles. The molecule has 0 atom stereocenters. The topological polar surface area (TPSA) is 66.7 Å². The smallest absolute Gasteiger partial charge is 0.251 e. The number of amides is 2. The number of fused-ring (bicyclic) bond motifs is 1. The van der Waals surface area contributed by atoms with Gasteiger partial charge in [-0.15, -0.1) is 0 Å². The molecule has 3 aromatic rings. The van der Waals surface area contributed by atoms with Crippen LogP contribution >= 0.6 is 0 Å². The highest BCUT2D eigenvalue weighted by Gasteiger charge is 2.34. The number of hydrogen-bond acceptors (Lipinski definition) is 3. The zero-order chi connectivity index (χ0) is 19.8. The van der Waals surface area contributed by atoms with Crippen molar-refractivity contribution in [3.63, 3.8) is 0 Å². The lowest BCUT2D eigenvalue weighted by atomic mass is 9.90. The molecule has 6 heteroatoms. The van der Waals surface area contributed by atoms with Gasteiger partial charge < -0.3 is 14.6 Å². The van der Waals surface area contributed by atoms with E-state index in [-0.39, 0.29) is 5.91 Å². The quantitative estimate of drug-likeness (QED) is 0.706. The monoisotopic (exact) mass is 388 g/mol. The Balaban J connectivity index is 1.13. The van der Waals surface area contributed by atoms with Gasteiger partial charge in [-0.3, -0.25) is 9.59 Å². The average Bonchev–Trinajstić information content (AvgIpc) is 3.38. The van der Waals surface area contributed by atoms with Gasteiger partial charge in [0.15, 0.2) is 0 Å². The Morgan fingerprint density at radius 3 is 2.62 bits per heavy atom. The molecule has 1 N–H and O–H groups in total. The summed E-state index contributed by atoms with van der Waals surface area (Å²) in [6.45, 7) is 2.06.